The molecule has 4 N–H and O–H groups in total. The maximum atomic E-state index is 14.1. The van der Waals surface area contributed by atoms with E-state index in [1.807, 2.05) is 117 Å². The zero-order valence-electron chi connectivity index (χ0n) is 39.2. The normalized spacial score (nSPS) is 17.4. The number of hydrogen-bond acceptors (Lipinski definition) is 14. The number of likely N-dealkylation sites (tertiary alicyclic amines) is 2. The van der Waals surface area contributed by atoms with Gasteiger partial charge in [0.05, 0.1) is 53.4 Å². The van der Waals surface area contributed by atoms with E-state index in [2.05, 4.69) is 25.2 Å². The van der Waals surface area contributed by atoms with Gasteiger partial charge in [0.2, 0.25) is 11.8 Å². The summed E-state index contributed by atoms with van der Waals surface area (Å²) in [6, 6.07) is 24.7. The third-order valence-electron chi connectivity index (χ3n) is 12.8. The number of rotatable bonds is 19. The number of thiazole rings is 1. The SMILES string of the molecule is Cc1ncsc1-c1ccc(CNC(=O)[C@@H]2C[C@@H](O)CN2C(=O)[C@@H](CC(=O)COCCOCCN2CCC(n3nc(-c4ccc(Oc5ccccc5)cc4)c4c(N)ncnc43)CC2)C(C)(C)C)cc1. The topological polar surface area (TPSA) is 200 Å². The monoisotopic (exact) mass is 943 g/mol. The number of ketones is 1. The molecular weight excluding hydrogens is 883 g/mol. The first kappa shape index (κ1) is 48.4. The van der Waals surface area contributed by atoms with E-state index in [-0.39, 0.29) is 62.8 Å². The number of nitrogen functional groups attached to an aromatic ring is 1. The van der Waals surface area contributed by atoms with Gasteiger partial charge in [-0.05, 0) is 72.7 Å². The van der Waals surface area contributed by atoms with Crippen LogP contribution in [0.4, 0.5) is 5.82 Å². The predicted octanol–water partition coefficient (Wildman–Crippen LogP) is 6.87. The molecule has 16 nitrogen and oxygen atoms in total. The van der Waals surface area contributed by atoms with Gasteiger partial charge in [-0.3, -0.25) is 14.4 Å². The van der Waals surface area contributed by atoms with Crippen molar-refractivity contribution in [2.24, 2.45) is 11.3 Å². The Kier molecular flexibility index (Phi) is 15.6. The lowest BCUT2D eigenvalue weighted by Gasteiger charge is -2.34. The van der Waals surface area contributed by atoms with Gasteiger partial charge < -0.3 is 40.2 Å². The quantitative estimate of drug-likeness (QED) is 0.0712. The van der Waals surface area contributed by atoms with E-state index < -0.39 is 23.5 Å². The zero-order chi connectivity index (χ0) is 47.8. The van der Waals surface area contributed by atoms with Gasteiger partial charge in [0, 0.05) is 57.0 Å². The van der Waals surface area contributed by atoms with E-state index >= 15 is 0 Å². The molecule has 3 atom stereocenters. The molecule has 17 heteroatoms. The van der Waals surface area contributed by atoms with Crippen LogP contribution in [0.3, 0.4) is 0 Å². The van der Waals surface area contributed by atoms with Gasteiger partial charge in [-0.2, -0.15) is 5.10 Å². The van der Waals surface area contributed by atoms with Crippen LogP contribution < -0.4 is 15.8 Å². The van der Waals surface area contributed by atoms with Gasteiger partial charge in [0.15, 0.2) is 11.4 Å². The zero-order valence-corrected chi connectivity index (χ0v) is 40.0. The molecule has 0 saturated carbocycles. The predicted molar refractivity (Wildman–Crippen MR) is 261 cm³/mol. The third kappa shape index (κ3) is 11.8. The van der Waals surface area contributed by atoms with Crippen molar-refractivity contribution in [2.45, 2.75) is 78.1 Å². The summed E-state index contributed by atoms with van der Waals surface area (Å²) >= 11 is 1.58. The van der Waals surface area contributed by atoms with Crippen LogP contribution in [0.5, 0.6) is 11.5 Å². The number of fused-ring (bicyclic) bond motifs is 1. The lowest BCUT2D eigenvalue weighted by molar-refractivity contribution is -0.146. The van der Waals surface area contributed by atoms with Crippen LogP contribution in [0, 0.1) is 18.3 Å². The number of amides is 2. The van der Waals surface area contributed by atoms with Crippen molar-refractivity contribution < 1.29 is 33.7 Å². The molecule has 6 aromatic rings. The number of β-amino-alcohol motifs (C(OH)–C–C–N with tert-alkyl or cyclic N) is 1. The number of hydrogen-bond donors (Lipinski definition) is 3. The molecule has 8 rings (SSSR count). The molecule has 2 saturated heterocycles. The molecule has 68 heavy (non-hydrogen) atoms. The lowest BCUT2D eigenvalue weighted by Crippen LogP contribution is -2.50. The Balaban J connectivity index is 0.751. The maximum Gasteiger partial charge on any atom is 0.243 e. The summed E-state index contributed by atoms with van der Waals surface area (Å²) < 4.78 is 19.6. The molecule has 358 valence electrons. The fourth-order valence-electron chi connectivity index (χ4n) is 8.96. The minimum Gasteiger partial charge on any atom is -0.457 e. The summed E-state index contributed by atoms with van der Waals surface area (Å²) in [7, 11) is 0. The van der Waals surface area contributed by atoms with Gasteiger partial charge in [-0.1, -0.05) is 63.2 Å². The Morgan fingerprint density at radius 2 is 1.60 bits per heavy atom. The number of ether oxygens (including phenoxy) is 3. The number of Topliss-reactive ketones (excluding diaryl/α,β-unsaturated/α-hetero) is 1. The molecule has 0 unspecified atom stereocenters. The van der Waals surface area contributed by atoms with Gasteiger partial charge in [-0.15, -0.1) is 11.3 Å². The number of nitrogens with two attached hydrogens (primary N) is 1. The van der Waals surface area contributed by atoms with E-state index in [0.717, 1.165) is 88.0 Å². The van der Waals surface area contributed by atoms with Crippen LogP contribution in [0.2, 0.25) is 0 Å². The minimum absolute atomic E-state index is 0.0301. The summed E-state index contributed by atoms with van der Waals surface area (Å²) in [4.78, 5) is 58.9. The Morgan fingerprint density at radius 1 is 0.897 bits per heavy atom. The standard InChI is InChI=1S/C51H61N9O7S/c1-33-46(68-32-56-33)36-12-10-34(11-13-36)28-53-49(63)43-27-38(61)29-59(43)50(64)42(51(2,3)4)26-39(62)30-66-25-24-65-23-22-58-20-18-37(19-21-58)60-48-44(47(52)54-31-55-48)45(57-60)35-14-16-41(17-15-35)67-40-8-6-5-7-9-40/h5-17,31-32,37-38,42-43,61H,18-30H2,1-4H3,(H,53,63)(H2,52,54,55)/t38-,42-,43+/m1/s1. The molecular formula is C51H61N9O7S. The molecule has 2 aliphatic heterocycles. The second-order valence-electron chi connectivity index (χ2n) is 18.7. The second-order valence-corrected chi connectivity index (χ2v) is 19.5. The van der Waals surface area contributed by atoms with Crippen molar-refractivity contribution in [3.63, 3.8) is 0 Å². The van der Waals surface area contributed by atoms with E-state index in [1.165, 1.54) is 11.2 Å². The summed E-state index contributed by atoms with van der Waals surface area (Å²) in [6.45, 7) is 11.4. The Bertz CT molecular complexity index is 2640. The molecule has 0 radical (unpaired) electrons. The van der Waals surface area contributed by atoms with E-state index in [9.17, 15) is 19.5 Å². The van der Waals surface area contributed by atoms with Crippen molar-refractivity contribution in [2.75, 3.05) is 58.3 Å². The Hall–Kier alpha value is -6.11. The highest BCUT2D eigenvalue weighted by atomic mass is 32.1. The molecule has 2 amide bonds. The van der Waals surface area contributed by atoms with Crippen molar-refractivity contribution >= 4 is 45.8 Å². The first-order valence-electron chi connectivity index (χ1n) is 23.3. The van der Waals surface area contributed by atoms with Crippen LogP contribution in [-0.2, 0) is 30.4 Å². The Morgan fingerprint density at radius 3 is 2.31 bits per heavy atom. The van der Waals surface area contributed by atoms with Crippen molar-refractivity contribution in [3.8, 4) is 33.2 Å². The molecule has 0 bridgehead atoms. The van der Waals surface area contributed by atoms with Crippen LogP contribution in [0.15, 0.2) is 90.7 Å². The number of para-hydroxylation sites is 1. The smallest absolute Gasteiger partial charge is 0.243 e. The van der Waals surface area contributed by atoms with Gasteiger partial charge in [0.1, 0.15) is 42.0 Å². The molecule has 0 spiro atoms. The number of aliphatic hydroxyl groups is 1. The summed E-state index contributed by atoms with van der Waals surface area (Å²) in [5.74, 6) is 0.296. The number of nitrogens with zero attached hydrogens (tertiary/aromatic N) is 7. The number of aliphatic hydroxyl groups excluding tert-OH is 1. The largest absolute Gasteiger partial charge is 0.457 e. The third-order valence-corrected chi connectivity index (χ3v) is 13.8. The number of anilines is 1. The van der Waals surface area contributed by atoms with Gasteiger partial charge >= 0.3 is 0 Å². The highest BCUT2D eigenvalue weighted by Gasteiger charge is 2.44. The number of aromatic nitrogens is 5. The average molecular weight is 944 g/mol. The fraction of sp³-hybridized carbons (Fsp3) is 0.431. The van der Waals surface area contributed by atoms with Crippen molar-refractivity contribution in [1.29, 1.82) is 0 Å². The number of piperidine rings is 1. The van der Waals surface area contributed by atoms with Crippen LogP contribution >= 0.6 is 11.3 Å². The number of nitrogens with one attached hydrogen (secondary N) is 1. The highest BCUT2D eigenvalue weighted by Crippen LogP contribution is 2.36. The van der Waals surface area contributed by atoms with E-state index in [1.54, 1.807) is 11.3 Å². The number of aryl methyl sites for hydroxylation is 1. The van der Waals surface area contributed by atoms with Gasteiger partial charge in [0.25, 0.3) is 0 Å². The molecule has 0 aliphatic carbocycles. The van der Waals surface area contributed by atoms with Crippen LogP contribution in [0.1, 0.15) is 63.8 Å². The lowest BCUT2D eigenvalue weighted by atomic mass is 9.77. The number of benzene rings is 3. The average Bonchev–Trinajstić information content (AvgIpc) is 4.07. The van der Waals surface area contributed by atoms with E-state index in [4.69, 9.17) is 25.0 Å². The first-order valence-corrected chi connectivity index (χ1v) is 24.2. The molecule has 3 aromatic carbocycles. The summed E-state index contributed by atoms with van der Waals surface area (Å²) in [5.41, 5.74) is 12.9. The molecule has 3 aromatic heterocycles. The number of carbonyl (C=O) groups excluding carboxylic acids is 3. The second kappa shape index (κ2) is 21.9. The molecule has 2 fully saturated rings. The summed E-state index contributed by atoms with van der Waals surface area (Å²) in [6.07, 6.45) is 2.49. The van der Waals surface area contributed by atoms with Crippen LogP contribution in [0.25, 0.3) is 32.7 Å². The number of carbonyl (C=O) groups is 3. The fourth-order valence-corrected chi connectivity index (χ4v) is 9.77. The van der Waals surface area contributed by atoms with Gasteiger partial charge in [-0.25, -0.2) is 19.6 Å². The maximum absolute atomic E-state index is 14.1. The van der Waals surface area contributed by atoms with E-state index in [0.29, 0.717) is 19.0 Å². The van der Waals surface area contributed by atoms with Crippen LogP contribution in [-0.4, -0.2) is 122 Å². The molecule has 5 heterocycles. The molecule has 2 aliphatic rings. The van der Waals surface area contributed by atoms with Crippen molar-refractivity contribution in [1.82, 2.24) is 39.8 Å². The summed E-state index contributed by atoms with van der Waals surface area (Å²) in [5, 5.41) is 19.4. The first-order chi connectivity index (χ1) is 32.8. The highest BCUT2D eigenvalue weighted by molar-refractivity contribution is 7.13. The Labute approximate surface area is 400 Å². The van der Waals surface area contributed by atoms with Crippen molar-refractivity contribution in [3.05, 3.63) is 102 Å². The minimum atomic E-state index is -0.840.